The van der Waals surface area contributed by atoms with Gasteiger partial charge in [-0.3, -0.25) is 0 Å². The molecule has 0 heterocycles. The monoisotopic (exact) mass is 367 g/mol. The number of rotatable bonds is 0. The van der Waals surface area contributed by atoms with E-state index in [1.807, 2.05) is 0 Å². The van der Waals surface area contributed by atoms with Crippen LogP contribution in [0.4, 0.5) is 0 Å². The topological polar surface area (TPSA) is 161 Å². The summed E-state index contributed by atoms with van der Waals surface area (Å²) in [5.74, 6) is -4.33. The SMILES string of the molecule is CC(=O)[O-].CC(=O)[O-].CC(=O)[O-].CC(=O)[O-].[GeH2+2].[Mn+2]. The predicted octanol–water partition coefficient (Wildman–Crippen LogP) is -5.89. The zero-order chi connectivity index (χ0) is 14.3. The van der Waals surface area contributed by atoms with Crippen LogP contribution < -0.4 is 20.4 Å². The Balaban J connectivity index is -0.0000000257. The number of aliphatic carboxylic acids is 4. The summed E-state index contributed by atoms with van der Waals surface area (Å²) >= 11 is 0. The van der Waals surface area contributed by atoms with Crippen LogP contribution in [0.5, 0.6) is 0 Å². The fourth-order valence-electron chi connectivity index (χ4n) is 0. The maximum Gasteiger partial charge on any atom is 2.00 e. The first-order chi connectivity index (χ1) is 6.93. The molecule has 105 valence electrons. The van der Waals surface area contributed by atoms with Gasteiger partial charge in [-0.05, 0) is 27.7 Å². The third kappa shape index (κ3) is 2600. The molecule has 0 aromatic heterocycles. The molecule has 0 aliphatic carbocycles. The second kappa shape index (κ2) is 29.7. The van der Waals surface area contributed by atoms with Gasteiger partial charge in [0.05, 0.1) is 0 Å². The molecule has 0 amide bonds. The Morgan fingerprint density at radius 3 is 0.556 bits per heavy atom. The van der Waals surface area contributed by atoms with Crippen LogP contribution in [-0.2, 0) is 36.2 Å². The zero-order valence-electron chi connectivity index (χ0n) is 10.4. The van der Waals surface area contributed by atoms with Gasteiger partial charge in [0, 0.05) is 23.9 Å². The minimum Gasteiger partial charge on any atom is 2.00 e. The minimum absolute atomic E-state index is 0. The molecule has 0 fully saturated rings. The van der Waals surface area contributed by atoms with Crippen molar-refractivity contribution in [1.82, 2.24) is 0 Å². The number of hydrogen-bond donors (Lipinski definition) is 0. The van der Waals surface area contributed by atoms with Gasteiger partial charge in [-0.1, -0.05) is 0 Å². The summed E-state index contributed by atoms with van der Waals surface area (Å²) in [5, 5.41) is 35.6. The fraction of sp³-hybridized carbons (Fsp3) is 0.500. The molecule has 0 atom stereocenters. The summed E-state index contributed by atoms with van der Waals surface area (Å²) in [7, 11) is 0. The van der Waals surface area contributed by atoms with Gasteiger partial charge in [0.25, 0.3) is 0 Å². The molecule has 0 N–H and O–H groups in total. The third-order valence-corrected chi connectivity index (χ3v) is 0. The van der Waals surface area contributed by atoms with E-state index in [4.69, 9.17) is 39.6 Å². The maximum atomic E-state index is 8.89. The van der Waals surface area contributed by atoms with Crippen molar-refractivity contribution in [3.8, 4) is 0 Å². The summed E-state index contributed by atoms with van der Waals surface area (Å²) in [4.78, 5) is 35.6. The van der Waals surface area contributed by atoms with E-state index in [9.17, 15) is 0 Å². The van der Waals surface area contributed by atoms with Gasteiger partial charge in [0.2, 0.25) is 0 Å². The van der Waals surface area contributed by atoms with Crippen molar-refractivity contribution >= 4 is 41.5 Å². The molecule has 0 saturated carbocycles. The van der Waals surface area contributed by atoms with Crippen molar-refractivity contribution in [3.05, 3.63) is 0 Å². The zero-order valence-corrected chi connectivity index (χ0v) is 14.5. The first-order valence-electron chi connectivity index (χ1n) is 3.63. The number of carbonyl (C=O) groups is 4. The number of carboxylic acids is 4. The summed E-state index contributed by atoms with van der Waals surface area (Å²) in [6, 6.07) is 0. The van der Waals surface area contributed by atoms with E-state index in [-0.39, 0.29) is 34.7 Å². The van der Waals surface area contributed by atoms with Crippen molar-refractivity contribution in [3.63, 3.8) is 0 Å². The summed E-state index contributed by atoms with van der Waals surface area (Å²) in [5.41, 5.74) is 0. The molecule has 0 rings (SSSR count). The Morgan fingerprint density at radius 1 is 0.556 bits per heavy atom. The molecule has 1 radical (unpaired) electrons. The molecule has 0 unspecified atom stereocenters. The first-order valence-corrected chi connectivity index (χ1v) is 3.63. The quantitative estimate of drug-likeness (QED) is 0.383. The third-order valence-electron chi connectivity index (χ3n) is 0. The number of hydrogen-bond acceptors (Lipinski definition) is 8. The van der Waals surface area contributed by atoms with Crippen LogP contribution in [0.2, 0.25) is 0 Å². The Hall–Kier alpha value is -1.06. The standard InChI is InChI=1S/4C2H4O2.GeH2.Mn/c4*1-2(3)4;;/h4*1H3,(H,3,4);1H2;/q;;;;2*+2/p-4. The van der Waals surface area contributed by atoms with Crippen molar-refractivity contribution < 1.29 is 56.7 Å². The van der Waals surface area contributed by atoms with E-state index in [0.717, 1.165) is 27.7 Å². The van der Waals surface area contributed by atoms with Crippen LogP contribution in [-0.4, -0.2) is 41.5 Å². The summed E-state index contributed by atoms with van der Waals surface area (Å²) < 4.78 is 0. The second-order valence-corrected chi connectivity index (χ2v) is 1.97. The molecule has 0 aliphatic rings. The van der Waals surface area contributed by atoms with Gasteiger partial charge in [0.1, 0.15) is 0 Å². The molecule has 18 heavy (non-hydrogen) atoms. The van der Waals surface area contributed by atoms with E-state index >= 15 is 0 Å². The minimum atomic E-state index is -1.08. The summed E-state index contributed by atoms with van der Waals surface area (Å²) in [6.07, 6.45) is 0. The van der Waals surface area contributed by atoms with E-state index in [1.54, 1.807) is 0 Å². The van der Waals surface area contributed by atoms with Gasteiger partial charge < -0.3 is 39.6 Å². The first kappa shape index (κ1) is 36.0. The van der Waals surface area contributed by atoms with Crippen molar-refractivity contribution in [2.75, 3.05) is 0 Å². The molecule has 0 aliphatic heterocycles. The Bertz CT molecular complexity index is 167. The maximum absolute atomic E-state index is 8.89. The van der Waals surface area contributed by atoms with Gasteiger partial charge in [-0.2, -0.15) is 0 Å². The van der Waals surface area contributed by atoms with Crippen LogP contribution >= 0.6 is 0 Å². The Kier molecular flexibility index (Phi) is 59.4. The van der Waals surface area contributed by atoms with Crippen molar-refractivity contribution in [2.24, 2.45) is 0 Å². The molecule has 0 aromatic rings. The van der Waals surface area contributed by atoms with Crippen LogP contribution in [0.1, 0.15) is 27.7 Å². The van der Waals surface area contributed by atoms with Crippen LogP contribution in [0.15, 0.2) is 0 Å². The van der Waals surface area contributed by atoms with Gasteiger partial charge in [0.15, 0.2) is 0 Å². The smallest absolute Gasteiger partial charge is 2.00 e. The van der Waals surface area contributed by atoms with Gasteiger partial charge >= 0.3 is 34.7 Å². The second-order valence-electron chi connectivity index (χ2n) is 1.97. The van der Waals surface area contributed by atoms with E-state index in [1.165, 1.54) is 0 Å². The van der Waals surface area contributed by atoms with Crippen molar-refractivity contribution in [2.45, 2.75) is 27.7 Å². The average molecular weight is 366 g/mol. The fourth-order valence-corrected chi connectivity index (χ4v) is 0. The molecule has 8 nitrogen and oxygen atoms in total. The largest absolute Gasteiger partial charge is 2.00 e. The average Bonchev–Trinajstić information content (AvgIpc) is 1.76. The van der Waals surface area contributed by atoms with Crippen LogP contribution in [0, 0.1) is 0 Å². The molecule has 0 aromatic carbocycles. The molecule has 0 saturated heterocycles. The van der Waals surface area contributed by atoms with Gasteiger partial charge in [-0.15, -0.1) is 0 Å². The normalized spacial score (nSPS) is 5.56. The molecular weight excluding hydrogens is 352 g/mol. The predicted molar refractivity (Wildman–Crippen MR) is 51.3 cm³/mol. The summed E-state index contributed by atoms with van der Waals surface area (Å²) in [6.45, 7) is 3.89. The molecule has 0 bridgehead atoms. The van der Waals surface area contributed by atoms with Crippen LogP contribution in [0.25, 0.3) is 0 Å². The van der Waals surface area contributed by atoms with E-state index in [2.05, 4.69) is 0 Å². The van der Waals surface area contributed by atoms with Crippen molar-refractivity contribution in [1.29, 1.82) is 0 Å². The Morgan fingerprint density at radius 2 is 0.556 bits per heavy atom. The molecular formula is C8H14GeMnO8. The van der Waals surface area contributed by atoms with E-state index < -0.39 is 23.9 Å². The molecule has 0 spiro atoms. The number of carbonyl (C=O) groups excluding carboxylic acids is 4. The Labute approximate surface area is 126 Å². The van der Waals surface area contributed by atoms with E-state index in [0.29, 0.717) is 0 Å². The molecule has 10 heteroatoms. The van der Waals surface area contributed by atoms with Crippen LogP contribution in [0.3, 0.4) is 0 Å². The van der Waals surface area contributed by atoms with Gasteiger partial charge in [-0.25, -0.2) is 0 Å². The number of carboxylic acid groups (broad SMARTS) is 4.